The van der Waals surface area contributed by atoms with E-state index in [4.69, 9.17) is 0 Å². The van der Waals surface area contributed by atoms with E-state index in [1.165, 1.54) is 12.1 Å². The van der Waals surface area contributed by atoms with Crippen molar-refractivity contribution in [3.05, 3.63) is 52.3 Å². The summed E-state index contributed by atoms with van der Waals surface area (Å²) in [7, 11) is 3.61. The van der Waals surface area contributed by atoms with Crippen molar-refractivity contribution in [2.75, 3.05) is 63.2 Å². The van der Waals surface area contributed by atoms with Crippen molar-refractivity contribution >= 4 is 23.2 Å². The average Bonchev–Trinajstić information content (AvgIpc) is 2.77. The first-order valence-electron chi connectivity index (χ1n) is 9.94. The molecule has 1 N–H and O–H groups in total. The van der Waals surface area contributed by atoms with Crippen molar-refractivity contribution in [2.24, 2.45) is 0 Å². The second-order valence-electron chi connectivity index (χ2n) is 7.34. The van der Waals surface area contributed by atoms with Gasteiger partial charge < -0.3 is 15.1 Å². The number of carbonyl (C=O) groups is 1. The highest BCUT2D eigenvalue weighted by Crippen LogP contribution is 2.24. The topological polar surface area (TPSA) is 108 Å². The number of nitrogens with one attached hydrogen (secondary N) is 1. The van der Waals surface area contributed by atoms with E-state index in [0.29, 0.717) is 17.8 Å². The first-order chi connectivity index (χ1) is 14.5. The first kappa shape index (κ1) is 21.4. The minimum absolute atomic E-state index is 0.0917. The summed E-state index contributed by atoms with van der Waals surface area (Å²) >= 11 is 0. The van der Waals surface area contributed by atoms with Crippen LogP contribution < -0.4 is 15.1 Å². The predicted molar refractivity (Wildman–Crippen MR) is 115 cm³/mol. The van der Waals surface area contributed by atoms with Gasteiger partial charge >= 0.3 is 0 Å². The Hall–Kier alpha value is -3.27. The Morgan fingerprint density at radius 3 is 2.53 bits per heavy atom. The number of non-ortho nitro benzene ring substituents is 1. The molecule has 0 saturated carbocycles. The molecule has 1 fully saturated rings. The highest BCUT2D eigenvalue weighted by Gasteiger charge is 2.19. The average molecular weight is 413 g/mol. The van der Waals surface area contributed by atoms with Gasteiger partial charge in [-0.2, -0.15) is 0 Å². The fraction of sp³-hybridized carbons (Fsp3) is 0.450. The molecule has 2 heterocycles. The number of amides is 1. The smallest absolute Gasteiger partial charge is 0.270 e. The van der Waals surface area contributed by atoms with Crippen LogP contribution in [0.4, 0.5) is 17.3 Å². The monoisotopic (exact) mass is 413 g/mol. The van der Waals surface area contributed by atoms with Crippen molar-refractivity contribution in [3.8, 4) is 0 Å². The molecular formula is C20H27N7O3. The van der Waals surface area contributed by atoms with Gasteiger partial charge in [-0.1, -0.05) is 0 Å². The third-order valence-electron chi connectivity index (χ3n) is 5.06. The molecular weight excluding hydrogens is 386 g/mol. The highest BCUT2D eigenvalue weighted by atomic mass is 16.6. The molecule has 0 aliphatic carbocycles. The predicted octanol–water partition coefficient (Wildman–Crippen LogP) is 1.39. The normalized spacial score (nSPS) is 14.4. The quantitative estimate of drug-likeness (QED) is 0.393. The summed E-state index contributed by atoms with van der Waals surface area (Å²) < 4.78 is 0. The zero-order valence-electron chi connectivity index (χ0n) is 17.3. The van der Waals surface area contributed by atoms with E-state index >= 15 is 0 Å². The lowest BCUT2D eigenvalue weighted by Crippen LogP contribution is -2.47. The lowest BCUT2D eigenvalue weighted by Gasteiger charge is -2.34. The molecule has 0 radical (unpaired) electrons. The summed E-state index contributed by atoms with van der Waals surface area (Å²) in [6.07, 6.45) is 4.31. The van der Waals surface area contributed by atoms with Gasteiger partial charge in [-0.3, -0.25) is 19.8 Å². The molecule has 10 heteroatoms. The van der Waals surface area contributed by atoms with E-state index in [-0.39, 0.29) is 11.6 Å². The van der Waals surface area contributed by atoms with Crippen LogP contribution in [0.1, 0.15) is 16.8 Å². The van der Waals surface area contributed by atoms with Gasteiger partial charge in [0.15, 0.2) is 0 Å². The van der Waals surface area contributed by atoms with Crippen LogP contribution in [0.5, 0.6) is 0 Å². The molecule has 1 amide bonds. The Kier molecular flexibility index (Phi) is 7.12. The molecule has 10 nitrogen and oxygen atoms in total. The molecule has 1 aliphatic heterocycles. The third-order valence-corrected chi connectivity index (χ3v) is 5.06. The number of piperazine rings is 1. The Labute approximate surface area is 175 Å². The minimum atomic E-state index is -0.490. The molecule has 1 aliphatic rings. The Morgan fingerprint density at radius 2 is 1.90 bits per heavy atom. The van der Waals surface area contributed by atoms with E-state index in [9.17, 15) is 14.9 Å². The zero-order valence-corrected chi connectivity index (χ0v) is 17.3. The Morgan fingerprint density at radius 1 is 1.20 bits per heavy atom. The van der Waals surface area contributed by atoms with Crippen LogP contribution in [0.2, 0.25) is 0 Å². The largest absolute Gasteiger partial charge is 0.377 e. The molecule has 1 saturated heterocycles. The first-order valence-corrected chi connectivity index (χ1v) is 9.94. The van der Waals surface area contributed by atoms with E-state index < -0.39 is 4.92 Å². The van der Waals surface area contributed by atoms with Crippen LogP contribution in [0, 0.1) is 10.1 Å². The van der Waals surface area contributed by atoms with Crippen LogP contribution >= 0.6 is 0 Å². The number of benzene rings is 1. The van der Waals surface area contributed by atoms with E-state index in [0.717, 1.165) is 45.1 Å². The SMILES string of the molecule is CN(C)c1ccc([N+](=O)[O-])cc1C(=O)NCCCN1CCN(c2ncccn2)CC1. The fourth-order valence-corrected chi connectivity index (χ4v) is 3.44. The van der Waals surface area contributed by atoms with Crippen LogP contribution in [0.3, 0.4) is 0 Å². The number of anilines is 2. The molecule has 0 unspecified atom stereocenters. The second-order valence-corrected chi connectivity index (χ2v) is 7.34. The van der Waals surface area contributed by atoms with Gasteiger partial charge in [0.05, 0.1) is 10.5 Å². The number of aromatic nitrogens is 2. The number of nitro benzene ring substituents is 1. The molecule has 1 aromatic carbocycles. The van der Waals surface area contributed by atoms with Gasteiger partial charge in [-0.15, -0.1) is 0 Å². The standard InChI is InChI=1S/C20H27N7O3/c1-24(2)18-6-5-16(27(29)30)15-17(18)19(28)21-9-4-10-25-11-13-26(14-12-25)20-22-7-3-8-23-20/h3,5-8,15H,4,9-14H2,1-2H3,(H,21,28). The zero-order chi connectivity index (χ0) is 21.5. The second kappa shape index (κ2) is 9.97. The summed E-state index contributed by atoms with van der Waals surface area (Å²) in [5, 5.41) is 13.9. The van der Waals surface area contributed by atoms with E-state index in [1.807, 2.05) is 6.07 Å². The summed E-state index contributed by atoms with van der Waals surface area (Å²) in [5.74, 6) is 0.464. The molecule has 30 heavy (non-hydrogen) atoms. The number of carbonyl (C=O) groups excluding carboxylic acids is 1. The number of hydrogen-bond donors (Lipinski definition) is 1. The van der Waals surface area contributed by atoms with Crippen molar-refractivity contribution in [1.29, 1.82) is 0 Å². The van der Waals surface area contributed by atoms with Gasteiger partial charge in [0.1, 0.15) is 0 Å². The van der Waals surface area contributed by atoms with Gasteiger partial charge in [-0.05, 0) is 25.1 Å². The van der Waals surface area contributed by atoms with Gasteiger partial charge in [0.2, 0.25) is 5.95 Å². The fourth-order valence-electron chi connectivity index (χ4n) is 3.44. The molecule has 0 spiro atoms. The Bertz CT molecular complexity index is 868. The van der Waals surface area contributed by atoms with Crippen LogP contribution in [0.25, 0.3) is 0 Å². The summed E-state index contributed by atoms with van der Waals surface area (Å²) in [5.41, 5.74) is 0.869. The van der Waals surface area contributed by atoms with E-state index in [2.05, 4.69) is 25.1 Å². The van der Waals surface area contributed by atoms with Crippen molar-refractivity contribution in [2.45, 2.75) is 6.42 Å². The van der Waals surface area contributed by atoms with Crippen LogP contribution in [-0.4, -0.2) is 79.1 Å². The molecule has 1 aromatic heterocycles. The number of rotatable bonds is 8. The number of nitro groups is 1. The lowest BCUT2D eigenvalue weighted by atomic mass is 10.1. The maximum Gasteiger partial charge on any atom is 0.270 e. The van der Waals surface area contributed by atoms with Gasteiger partial charge in [0.25, 0.3) is 11.6 Å². The molecule has 160 valence electrons. The van der Waals surface area contributed by atoms with Gasteiger partial charge in [0, 0.05) is 77.0 Å². The van der Waals surface area contributed by atoms with Crippen molar-refractivity contribution in [3.63, 3.8) is 0 Å². The molecule has 0 atom stereocenters. The highest BCUT2D eigenvalue weighted by molar-refractivity contribution is 6.00. The van der Waals surface area contributed by atoms with Crippen molar-refractivity contribution in [1.82, 2.24) is 20.2 Å². The molecule has 0 bridgehead atoms. The van der Waals surface area contributed by atoms with E-state index in [1.54, 1.807) is 37.5 Å². The lowest BCUT2D eigenvalue weighted by molar-refractivity contribution is -0.384. The molecule has 3 rings (SSSR count). The number of hydrogen-bond acceptors (Lipinski definition) is 8. The summed E-state index contributed by atoms with van der Waals surface area (Å²) in [6.45, 7) is 4.96. The van der Waals surface area contributed by atoms with Gasteiger partial charge in [-0.25, -0.2) is 9.97 Å². The van der Waals surface area contributed by atoms with Crippen LogP contribution in [-0.2, 0) is 0 Å². The van der Waals surface area contributed by atoms with Crippen LogP contribution in [0.15, 0.2) is 36.7 Å². The van der Waals surface area contributed by atoms with Crippen molar-refractivity contribution < 1.29 is 9.72 Å². The third kappa shape index (κ3) is 5.41. The number of nitrogens with zero attached hydrogens (tertiary/aromatic N) is 6. The summed E-state index contributed by atoms with van der Waals surface area (Å²) in [4.78, 5) is 38.0. The molecule has 2 aromatic rings. The maximum absolute atomic E-state index is 12.6. The Balaban J connectivity index is 1.45. The minimum Gasteiger partial charge on any atom is -0.377 e. The summed E-state index contributed by atoms with van der Waals surface area (Å²) in [6, 6.07) is 6.15. The maximum atomic E-state index is 12.6.